The van der Waals surface area contributed by atoms with Crippen LogP contribution in [0.2, 0.25) is 5.02 Å². The van der Waals surface area contributed by atoms with Crippen molar-refractivity contribution >= 4 is 11.6 Å². The molecule has 0 saturated heterocycles. The Balaban J connectivity index is 2.17. The standard InChI is InChI=1S/C12H15ClFNO/c1-16-10-3-2-9(13)8(11(10)14)4-5-12(15)6-7-12/h2-3H,4-7,15H2,1H3. The third kappa shape index (κ3) is 2.30. The predicted molar refractivity (Wildman–Crippen MR) is 62.4 cm³/mol. The summed E-state index contributed by atoms with van der Waals surface area (Å²) in [6.45, 7) is 0. The molecule has 1 aliphatic rings. The summed E-state index contributed by atoms with van der Waals surface area (Å²) in [6, 6.07) is 3.20. The molecule has 2 rings (SSSR count). The van der Waals surface area contributed by atoms with Gasteiger partial charge in [-0.25, -0.2) is 4.39 Å². The van der Waals surface area contributed by atoms with Gasteiger partial charge in [-0.15, -0.1) is 0 Å². The van der Waals surface area contributed by atoms with Gasteiger partial charge < -0.3 is 10.5 Å². The van der Waals surface area contributed by atoms with Crippen LogP contribution in [0.5, 0.6) is 5.75 Å². The summed E-state index contributed by atoms with van der Waals surface area (Å²) in [4.78, 5) is 0. The molecule has 0 heterocycles. The molecule has 1 aromatic rings. The minimum Gasteiger partial charge on any atom is -0.494 e. The smallest absolute Gasteiger partial charge is 0.169 e. The van der Waals surface area contributed by atoms with E-state index in [0.29, 0.717) is 17.0 Å². The van der Waals surface area contributed by atoms with E-state index in [1.807, 2.05) is 0 Å². The van der Waals surface area contributed by atoms with Crippen molar-refractivity contribution in [3.8, 4) is 5.75 Å². The number of hydrogen-bond donors (Lipinski definition) is 1. The first-order chi connectivity index (χ1) is 7.56. The highest BCUT2D eigenvalue weighted by atomic mass is 35.5. The molecular weight excluding hydrogens is 229 g/mol. The molecular formula is C12H15ClFNO. The van der Waals surface area contributed by atoms with Crippen LogP contribution < -0.4 is 10.5 Å². The SMILES string of the molecule is COc1ccc(Cl)c(CCC2(N)CC2)c1F. The molecule has 0 amide bonds. The van der Waals surface area contributed by atoms with Crippen LogP contribution in [0.1, 0.15) is 24.8 Å². The maximum absolute atomic E-state index is 13.9. The third-order valence-corrected chi connectivity index (χ3v) is 3.49. The van der Waals surface area contributed by atoms with E-state index in [1.165, 1.54) is 13.2 Å². The van der Waals surface area contributed by atoms with E-state index in [9.17, 15) is 4.39 Å². The van der Waals surface area contributed by atoms with Crippen molar-refractivity contribution < 1.29 is 9.13 Å². The lowest BCUT2D eigenvalue weighted by Gasteiger charge is -2.12. The lowest BCUT2D eigenvalue weighted by Crippen LogP contribution is -2.22. The van der Waals surface area contributed by atoms with E-state index in [1.54, 1.807) is 6.07 Å². The van der Waals surface area contributed by atoms with E-state index >= 15 is 0 Å². The highest BCUT2D eigenvalue weighted by molar-refractivity contribution is 6.31. The maximum atomic E-state index is 13.9. The summed E-state index contributed by atoms with van der Waals surface area (Å²) in [6.07, 6.45) is 3.39. The van der Waals surface area contributed by atoms with Gasteiger partial charge in [0.05, 0.1) is 7.11 Å². The van der Waals surface area contributed by atoms with E-state index in [-0.39, 0.29) is 17.1 Å². The van der Waals surface area contributed by atoms with Gasteiger partial charge in [-0.05, 0) is 37.8 Å². The van der Waals surface area contributed by atoms with Gasteiger partial charge in [0.25, 0.3) is 0 Å². The molecule has 1 aromatic carbocycles. The van der Waals surface area contributed by atoms with Crippen molar-refractivity contribution in [3.05, 3.63) is 28.5 Å². The molecule has 1 fully saturated rings. The van der Waals surface area contributed by atoms with Crippen LogP contribution in [0.25, 0.3) is 0 Å². The number of nitrogens with two attached hydrogens (primary N) is 1. The van der Waals surface area contributed by atoms with Gasteiger partial charge in [0.2, 0.25) is 0 Å². The largest absolute Gasteiger partial charge is 0.494 e. The molecule has 1 saturated carbocycles. The molecule has 0 aliphatic heterocycles. The van der Waals surface area contributed by atoms with Crippen LogP contribution >= 0.6 is 11.6 Å². The second-order valence-corrected chi connectivity index (χ2v) is 4.81. The fraction of sp³-hybridized carbons (Fsp3) is 0.500. The number of methoxy groups -OCH3 is 1. The zero-order valence-electron chi connectivity index (χ0n) is 9.22. The van der Waals surface area contributed by atoms with E-state index in [4.69, 9.17) is 22.1 Å². The highest BCUT2D eigenvalue weighted by Gasteiger charge is 2.37. The molecule has 88 valence electrons. The average Bonchev–Trinajstić information content (AvgIpc) is 2.97. The minimum absolute atomic E-state index is 0.0845. The van der Waals surface area contributed by atoms with Crippen LogP contribution in [0.15, 0.2) is 12.1 Å². The summed E-state index contributed by atoms with van der Waals surface area (Å²) in [5.41, 5.74) is 6.40. The molecule has 0 bridgehead atoms. The summed E-state index contributed by atoms with van der Waals surface area (Å²) in [7, 11) is 1.45. The molecule has 2 nitrogen and oxygen atoms in total. The molecule has 0 radical (unpaired) electrons. The summed E-state index contributed by atoms with van der Waals surface area (Å²) >= 11 is 5.97. The summed E-state index contributed by atoms with van der Waals surface area (Å²) in [5.74, 6) is -0.125. The van der Waals surface area contributed by atoms with Gasteiger partial charge in [0.15, 0.2) is 11.6 Å². The van der Waals surface area contributed by atoms with Crippen molar-refractivity contribution in [2.24, 2.45) is 5.73 Å². The van der Waals surface area contributed by atoms with Crippen LogP contribution in [-0.2, 0) is 6.42 Å². The highest BCUT2D eigenvalue weighted by Crippen LogP contribution is 2.38. The Morgan fingerprint density at radius 2 is 2.19 bits per heavy atom. The Labute approximate surface area is 99.5 Å². The number of halogens is 2. The second kappa shape index (κ2) is 4.22. The Bertz CT molecular complexity index is 404. The zero-order valence-corrected chi connectivity index (χ0v) is 9.98. The molecule has 16 heavy (non-hydrogen) atoms. The van der Waals surface area contributed by atoms with E-state index in [2.05, 4.69) is 0 Å². The van der Waals surface area contributed by atoms with Gasteiger partial charge in [0.1, 0.15) is 0 Å². The summed E-state index contributed by atoms with van der Waals surface area (Å²) in [5, 5.41) is 0.447. The van der Waals surface area contributed by atoms with E-state index < -0.39 is 0 Å². The monoisotopic (exact) mass is 243 g/mol. The minimum atomic E-state index is -0.362. The van der Waals surface area contributed by atoms with Gasteiger partial charge in [-0.3, -0.25) is 0 Å². The van der Waals surface area contributed by atoms with Crippen molar-refractivity contribution in [1.29, 1.82) is 0 Å². The van der Waals surface area contributed by atoms with Crippen LogP contribution in [0.3, 0.4) is 0 Å². The summed E-state index contributed by atoms with van der Waals surface area (Å²) < 4.78 is 18.8. The molecule has 2 N–H and O–H groups in total. The first-order valence-electron chi connectivity index (χ1n) is 5.35. The molecule has 0 atom stereocenters. The lowest BCUT2D eigenvalue weighted by molar-refractivity contribution is 0.383. The van der Waals surface area contributed by atoms with Crippen molar-refractivity contribution in [2.45, 2.75) is 31.2 Å². The second-order valence-electron chi connectivity index (χ2n) is 4.40. The number of ether oxygens (including phenoxy) is 1. The lowest BCUT2D eigenvalue weighted by atomic mass is 10.0. The Kier molecular flexibility index (Phi) is 3.08. The predicted octanol–water partition coefficient (Wildman–Crippen LogP) is 2.91. The zero-order chi connectivity index (χ0) is 11.8. The van der Waals surface area contributed by atoms with Crippen LogP contribution in [0, 0.1) is 5.82 Å². The van der Waals surface area contributed by atoms with Crippen LogP contribution in [-0.4, -0.2) is 12.6 Å². The van der Waals surface area contributed by atoms with Gasteiger partial charge in [-0.1, -0.05) is 11.6 Å². The molecule has 0 unspecified atom stereocenters. The van der Waals surface area contributed by atoms with Gasteiger partial charge >= 0.3 is 0 Å². The van der Waals surface area contributed by atoms with Crippen molar-refractivity contribution in [3.63, 3.8) is 0 Å². The first-order valence-corrected chi connectivity index (χ1v) is 5.73. The van der Waals surface area contributed by atoms with E-state index in [0.717, 1.165) is 19.3 Å². The molecule has 0 spiro atoms. The Morgan fingerprint density at radius 3 is 2.75 bits per heavy atom. The normalized spacial score (nSPS) is 17.2. The topological polar surface area (TPSA) is 35.2 Å². The number of rotatable bonds is 4. The molecule has 4 heteroatoms. The number of hydrogen-bond acceptors (Lipinski definition) is 2. The molecule has 1 aliphatic carbocycles. The maximum Gasteiger partial charge on any atom is 0.169 e. The Hall–Kier alpha value is -0.800. The fourth-order valence-electron chi connectivity index (χ4n) is 1.75. The van der Waals surface area contributed by atoms with Crippen molar-refractivity contribution in [2.75, 3.05) is 7.11 Å². The average molecular weight is 244 g/mol. The quantitative estimate of drug-likeness (QED) is 0.883. The fourth-order valence-corrected chi connectivity index (χ4v) is 1.99. The number of benzene rings is 1. The molecule has 0 aromatic heterocycles. The van der Waals surface area contributed by atoms with Crippen molar-refractivity contribution in [1.82, 2.24) is 0 Å². The Morgan fingerprint density at radius 1 is 1.50 bits per heavy atom. The van der Waals surface area contributed by atoms with Gasteiger partial charge in [0, 0.05) is 16.1 Å². The third-order valence-electron chi connectivity index (χ3n) is 3.14. The van der Waals surface area contributed by atoms with Crippen LogP contribution in [0.4, 0.5) is 4.39 Å². The van der Waals surface area contributed by atoms with Gasteiger partial charge in [-0.2, -0.15) is 0 Å². The first kappa shape index (κ1) is 11.7.